The third-order valence-electron chi connectivity index (χ3n) is 5.36. The highest BCUT2D eigenvalue weighted by atomic mass is 16.7. The van der Waals surface area contributed by atoms with Gasteiger partial charge in [-0.2, -0.15) is 0 Å². The lowest BCUT2D eigenvalue weighted by molar-refractivity contribution is -0.117. The number of carbonyl (C=O) groups is 1. The summed E-state index contributed by atoms with van der Waals surface area (Å²) >= 11 is 0. The maximum Gasteiger partial charge on any atom is 0.251 e. The van der Waals surface area contributed by atoms with Crippen molar-refractivity contribution >= 4 is 17.3 Å². The van der Waals surface area contributed by atoms with E-state index in [9.17, 15) is 4.79 Å². The van der Waals surface area contributed by atoms with Crippen LogP contribution >= 0.6 is 0 Å². The second-order valence-electron chi connectivity index (χ2n) is 7.73. The monoisotopic (exact) mass is 402 g/mol. The molecular weight excluding hydrogens is 376 g/mol. The van der Waals surface area contributed by atoms with Crippen LogP contribution in [0.3, 0.4) is 0 Å². The van der Waals surface area contributed by atoms with E-state index < -0.39 is 6.04 Å². The summed E-state index contributed by atoms with van der Waals surface area (Å²) < 4.78 is 11.0. The van der Waals surface area contributed by atoms with Crippen LogP contribution in [0.15, 0.2) is 72.8 Å². The fourth-order valence-corrected chi connectivity index (χ4v) is 3.61. The Bertz CT molecular complexity index is 1020. The molecule has 4 rings (SSSR count). The lowest BCUT2D eigenvalue weighted by Gasteiger charge is -2.29. The largest absolute Gasteiger partial charge is 0.454 e. The molecule has 3 aromatic carbocycles. The fraction of sp³-hybridized carbons (Fsp3) is 0.240. The van der Waals surface area contributed by atoms with Gasteiger partial charge in [0.1, 0.15) is 6.04 Å². The molecule has 1 N–H and O–H groups in total. The molecule has 1 aliphatic heterocycles. The average Bonchev–Trinajstić information content (AvgIpc) is 3.23. The SMILES string of the molecule is CC(C)c1ccc(NC(=O)[C@H](c2ccc3c(c2)OCO3)N(C)c2ccccc2)cc1. The van der Waals surface area contributed by atoms with Crippen LogP contribution in [0.4, 0.5) is 11.4 Å². The van der Waals surface area contributed by atoms with Gasteiger partial charge >= 0.3 is 0 Å². The summed E-state index contributed by atoms with van der Waals surface area (Å²) in [7, 11) is 1.92. The van der Waals surface area contributed by atoms with E-state index in [0.29, 0.717) is 17.4 Å². The zero-order valence-electron chi connectivity index (χ0n) is 17.5. The molecule has 3 aromatic rings. The van der Waals surface area contributed by atoms with Crippen molar-refractivity contribution in [3.8, 4) is 11.5 Å². The van der Waals surface area contributed by atoms with Crippen LogP contribution in [0.1, 0.15) is 36.9 Å². The molecule has 0 aliphatic carbocycles. The minimum atomic E-state index is -0.535. The topological polar surface area (TPSA) is 50.8 Å². The van der Waals surface area contributed by atoms with E-state index in [2.05, 4.69) is 31.3 Å². The molecule has 1 heterocycles. The molecule has 1 atom stereocenters. The van der Waals surface area contributed by atoms with Crippen molar-refractivity contribution in [2.24, 2.45) is 0 Å². The Morgan fingerprint density at radius 1 is 0.900 bits per heavy atom. The van der Waals surface area contributed by atoms with Crippen LogP contribution in [0.25, 0.3) is 0 Å². The number of nitrogens with zero attached hydrogens (tertiary/aromatic N) is 1. The first-order valence-corrected chi connectivity index (χ1v) is 10.1. The Morgan fingerprint density at radius 2 is 1.57 bits per heavy atom. The van der Waals surface area contributed by atoms with Gasteiger partial charge in [0.15, 0.2) is 11.5 Å². The van der Waals surface area contributed by atoms with E-state index in [-0.39, 0.29) is 12.7 Å². The molecule has 0 bridgehead atoms. The Balaban J connectivity index is 1.65. The predicted octanol–water partition coefficient (Wildman–Crippen LogP) is 5.35. The minimum absolute atomic E-state index is 0.113. The number of hydrogen-bond acceptors (Lipinski definition) is 4. The molecule has 0 unspecified atom stereocenters. The molecule has 30 heavy (non-hydrogen) atoms. The molecule has 5 heteroatoms. The fourth-order valence-electron chi connectivity index (χ4n) is 3.61. The summed E-state index contributed by atoms with van der Waals surface area (Å²) in [4.78, 5) is 15.4. The number of anilines is 2. The smallest absolute Gasteiger partial charge is 0.251 e. The van der Waals surface area contributed by atoms with Crippen molar-refractivity contribution in [1.29, 1.82) is 0 Å². The molecular formula is C25H26N2O3. The van der Waals surface area contributed by atoms with E-state index in [0.717, 1.165) is 16.9 Å². The van der Waals surface area contributed by atoms with Crippen LogP contribution in [0.5, 0.6) is 11.5 Å². The van der Waals surface area contributed by atoms with Gasteiger partial charge in [-0.15, -0.1) is 0 Å². The van der Waals surface area contributed by atoms with Gasteiger partial charge in [-0.25, -0.2) is 0 Å². The van der Waals surface area contributed by atoms with Gasteiger partial charge in [-0.05, 0) is 53.4 Å². The first kappa shape index (κ1) is 19.8. The summed E-state index contributed by atoms with van der Waals surface area (Å²) in [5, 5.41) is 3.07. The number of fused-ring (bicyclic) bond motifs is 1. The number of para-hydroxylation sites is 1. The van der Waals surface area contributed by atoms with Gasteiger partial charge in [-0.3, -0.25) is 4.79 Å². The zero-order chi connectivity index (χ0) is 21.1. The minimum Gasteiger partial charge on any atom is -0.454 e. The van der Waals surface area contributed by atoms with Crippen molar-refractivity contribution < 1.29 is 14.3 Å². The highest BCUT2D eigenvalue weighted by Crippen LogP contribution is 2.36. The highest BCUT2D eigenvalue weighted by Gasteiger charge is 2.28. The number of carbonyl (C=O) groups excluding carboxylic acids is 1. The number of ether oxygens (including phenoxy) is 2. The Morgan fingerprint density at radius 3 is 2.27 bits per heavy atom. The van der Waals surface area contributed by atoms with Gasteiger partial charge in [0.2, 0.25) is 6.79 Å². The Kier molecular flexibility index (Phi) is 5.61. The maximum absolute atomic E-state index is 13.4. The van der Waals surface area contributed by atoms with Crippen LogP contribution in [-0.4, -0.2) is 19.7 Å². The number of amides is 1. The first-order chi connectivity index (χ1) is 14.5. The lowest BCUT2D eigenvalue weighted by Crippen LogP contribution is -2.34. The van der Waals surface area contributed by atoms with Gasteiger partial charge in [0.05, 0.1) is 0 Å². The molecule has 154 valence electrons. The summed E-state index contributed by atoms with van der Waals surface area (Å²) in [5.41, 5.74) is 3.80. The maximum atomic E-state index is 13.4. The zero-order valence-corrected chi connectivity index (χ0v) is 17.5. The third-order valence-corrected chi connectivity index (χ3v) is 5.36. The summed E-state index contributed by atoms with van der Waals surface area (Å²) in [6, 6.07) is 23.0. The third kappa shape index (κ3) is 4.10. The molecule has 1 aliphatic rings. The summed E-state index contributed by atoms with van der Waals surface area (Å²) in [6.45, 7) is 4.50. The quantitative estimate of drug-likeness (QED) is 0.603. The van der Waals surface area contributed by atoms with E-state index in [1.165, 1.54) is 5.56 Å². The van der Waals surface area contributed by atoms with Crippen LogP contribution in [0.2, 0.25) is 0 Å². The van der Waals surface area contributed by atoms with Crippen LogP contribution < -0.4 is 19.7 Å². The van der Waals surface area contributed by atoms with E-state index in [1.807, 2.05) is 72.6 Å². The average molecular weight is 402 g/mol. The van der Waals surface area contributed by atoms with E-state index >= 15 is 0 Å². The van der Waals surface area contributed by atoms with Crippen molar-refractivity contribution in [3.63, 3.8) is 0 Å². The second-order valence-corrected chi connectivity index (χ2v) is 7.73. The normalized spacial score (nSPS) is 13.2. The molecule has 0 radical (unpaired) electrons. The highest BCUT2D eigenvalue weighted by molar-refractivity contribution is 5.97. The molecule has 1 amide bonds. The molecule has 0 saturated carbocycles. The lowest BCUT2D eigenvalue weighted by atomic mass is 10.0. The Hall–Kier alpha value is -3.47. The van der Waals surface area contributed by atoms with Gasteiger partial charge in [0.25, 0.3) is 5.91 Å². The van der Waals surface area contributed by atoms with Crippen LogP contribution in [0, 0.1) is 0 Å². The van der Waals surface area contributed by atoms with Crippen molar-refractivity contribution in [1.82, 2.24) is 0 Å². The number of nitrogens with one attached hydrogen (secondary N) is 1. The van der Waals surface area contributed by atoms with Crippen molar-refractivity contribution in [2.75, 3.05) is 24.1 Å². The van der Waals surface area contributed by atoms with E-state index in [4.69, 9.17) is 9.47 Å². The number of benzene rings is 3. The summed E-state index contributed by atoms with van der Waals surface area (Å²) in [5.74, 6) is 1.69. The molecule has 0 aromatic heterocycles. The van der Waals surface area contributed by atoms with Gasteiger partial charge < -0.3 is 19.7 Å². The number of hydrogen-bond donors (Lipinski definition) is 1. The standard InChI is InChI=1S/C25H26N2O3/c1-17(2)18-9-12-20(13-10-18)26-25(28)24(27(3)21-7-5-4-6-8-21)19-11-14-22-23(15-19)30-16-29-22/h4-15,17,24H,16H2,1-3H3,(H,26,28)/t24-/m0/s1. The van der Waals surface area contributed by atoms with Gasteiger partial charge in [0, 0.05) is 18.4 Å². The molecule has 0 fully saturated rings. The molecule has 0 spiro atoms. The summed E-state index contributed by atoms with van der Waals surface area (Å²) in [6.07, 6.45) is 0. The van der Waals surface area contributed by atoms with Crippen molar-refractivity contribution in [2.45, 2.75) is 25.8 Å². The van der Waals surface area contributed by atoms with Crippen LogP contribution in [-0.2, 0) is 4.79 Å². The predicted molar refractivity (Wildman–Crippen MR) is 119 cm³/mol. The second kappa shape index (κ2) is 8.49. The van der Waals surface area contributed by atoms with E-state index in [1.54, 1.807) is 0 Å². The number of likely N-dealkylation sites (N-methyl/N-ethyl adjacent to an activating group) is 1. The number of rotatable bonds is 6. The molecule has 5 nitrogen and oxygen atoms in total. The van der Waals surface area contributed by atoms with Gasteiger partial charge in [-0.1, -0.05) is 50.2 Å². The molecule has 0 saturated heterocycles. The Labute approximate surface area is 177 Å². The van der Waals surface area contributed by atoms with Crippen molar-refractivity contribution in [3.05, 3.63) is 83.9 Å². The first-order valence-electron chi connectivity index (χ1n) is 10.1.